The van der Waals surface area contributed by atoms with Crippen LogP contribution in [0.2, 0.25) is 0 Å². The molecule has 0 amide bonds. The fourth-order valence-corrected chi connectivity index (χ4v) is 0.605. The number of rotatable bonds is 6. The summed E-state index contributed by atoms with van der Waals surface area (Å²) >= 11 is 0. The molecule has 0 bridgehead atoms. The maximum absolute atomic E-state index is 11.6. The van der Waals surface area contributed by atoms with Crippen LogP contribution >= 0.6 is 0 Å². The molecule has 3 nitrogen and oxygen atoms in total. The maximum Gasteiger partial charge on any atom is 0.332 e. The third kappa shape index (κ3) is 7.21. The molecule has 0 unspecified atom stereocenters. The van der Waals surface area contributed by atoms with Gasteiger partial charge in [-0.25, -0.2) is 9.18 Å². The van der Waals surface area contributed by atoms with E-state index in [9.17, 15) is 9.18 Å². The van der Waals surface area contributed by atoms with Crippen LogP contribution in [-0.2, 0) is 14.3 Å². The van der Waals surface area contributed by atoms with Crippen LogP contribution in [0.15, 0.2) is 24.6 Å². The van der Waals surface area contributed by atoms with Crippen molar-refractivity contribution < 1.29 is 18.7 Å². The Morgan fingerprint density at radius 3 is 2.77 bits per heavy atom. The van der Waals surface area contributed by atoms with Crippen LogP contribution in [0.4, 0.5) is 4.39 Å². The number of carbonyl (C=O) groups is 1. The zero-order valence-electron chi connectivity index (χ0n) is 7.59. The Kier molecular flexibility index (Phi) is 6.82. The van der Waals surface area contributed by atoms with Gasteiger partial charge in [0.25, 0.3) is 0 Å². The van der Waals surface area contributed by atoms with E-state index in [2.05, 4.69) is 11.3 Å². The van der Waals surface area contributed by atoms with Gasteiger partial charge in [0.05, 0.1) is 19.5 Å². The highest BCUT2D eigenvalue weighted by Gasteiger charge is 2.00. The molecule has 0 saturated carbocycles. The normalized spacial score (nSPS) is 10.3. The zero-order valence-corrected chi connectivity index (χ0v) is 7.59. The molecule has 0 saturated heterocycles. The first-order valence-corrected chi connectivity index (χ1v) is 3.88. The van der Waals surface area contributed by atoms with E-state index in [0.29, 0.717) is 18.5 Å². The predicted molar refractivity (Wildman–Crippen MR) is 46.8 cm³/mol. The average molecular weight is 188 g/mol. The van der Waals surface area contributed by atoms with Crippen molar-refractivity contribution in [1.82, 2.24) is 0 Å². The van der Waals surface area contributed by atoms with Crippen LogP contribution in [0.25, 0.3) is 0 Å². The third-order valence-electron chi connectivity index (χ3n) is 1.11. The fourth-order valence-electron chi connectivity index (χ4n) is 0.605. The van der Waals surface area contributed by atoms with E-state index in [0.717, 1.165) is 0 Å². The van der Waals surface area contributed by atoms with Crippen LogP contribution in [0.1, 0.15) is 6.92 Å². The van der Waals surface area contributed by atoms with Gasteiger partial charge in [0.2, 0.25) is 0 Å². The topological polar surface area (TPSA) is 35.5 Å². The van der Waals surface area contributed by atoms with Crippen molar-refractivity contribution in [3.05, 3.63) is 24.6 Å². The van der Waals surface area contributed by atoms with Gasteiger partial charge in [0, 0.05) is 0 Å². The quantitative estimate of drug-likeness (QED) is 0.469. The molecule has 0 atom stereocenters. The summed E-state index contributed by atoms with van der Waals surface area (Å²) < 4.78 is 21.0. The molecule has 0 aliphatic carbocycles. The molecule has 13 heavy (non-hydrogen) atoms. The van der Waals surface area contributed by atoms with Gasteiger partial charge >= 0.3 is 5.97 Å². The number of hydrogen-bond acceptors (Lipinski definition) is 3. The second kappa shape index (κ2) is 7.49. The van der Waals surface area contributed by atoms with Crippen molar-refractivity contribution in [1.29, 1.82) is 0 Å². The van der Waals surface area contributed by atoms with Gasteiger partial charge in [-0.15, -0.1) is 0 Å². The molecule has 4 heteroatoms. The number of halogens is 1. The van der Waals surface area contributed by atoms with Gasteiger partial charge in [-0.1, -0.05) is 6.58 Å². The van der Waals surface area contributed by atoms with E-state index in [1.165, 1.54) is 6.08 Å². The predicted octanol–water partition coefficient (Wildman–Crippen LogP) is 1.61. The summed E-state index contributed by atoms with van der Waals surface area (Å²) in [6.07, 6.45) is 1.54. The first-order chi connectivity index (χ1) is 6.20. The molecule has 0 aromatic heterocycles. The Morgan fingerprint density at radius 2 is 2.23 bits per heavy atom. The minimum Gasteiger partial charge on any atom is -0.464 e. The molecular formula is C9H13FO3. The highest BCUT2D eigenvalue weighted by atomic mass is 19.1. The van der Waals surface area contributed by atoms with Gasteiger partial charge in [-0.2, -0.15) is 0 Å². The first kappa shape index (κ1) is 11.8. The summed E-state index contributed by atoms with van der Waals surface area (Å²) in [5, 5.41) is 0. The van der Waals surface area contributed by atoms with E-state index in [1.807, 2.05) is 0 Å². The smallest absolute Gasteiger partial charge is 0.332 e. The molecule has 0 aromatic rings. The van der Waals surface area contributed by atoms with Crippen LogP contribution in [-0.4, -0.2) is 25.8 Å². The summed E-state index contributed by atoms with van der Waals surface area (Å²) in [5.41, 5.74) is 0.465. The van der Waals surface area contributed by atoms with Gasteiger partial charge < -0.3 is 9.47 Å². The number of hydrogen-bond donors (Lipinski definition) is 0. The SMILES string of the molecule is C=C(C=CF)COCC(=O)OCC. The molecule has 74 valence electrons. The van der Waals surface area contributed by atoms with Crippen molar-refractivity contribution in [2.75, 3.05) is 19.8 Å². The van der Waals surface area contributed by atoms with Gasteiger partial charge in [0.1, 0.15) is 6.61 Å². The van der Waals surface area contributed by atoms with Gasteiger partial charge in [0.15, 0.2) is 0 Å². The van der Waals surface area contributed by atoms with E-state index in [-0.39, 0.29) is 13.2 Å². The van der Waals surface area contributed by atoms with Crippen LogP contribution < -0.4 is 0 Å². The lowest BCUT2D eigenvalue weighted by atomic mass is 10.3. The second-order valence-corrected chi connectivity index (χ2v) is 2.25. The summed E-state index contributed by atoms with van der Waals surface area (Å²) in [6, 6.07) is 0. The van der Waals surface area contributed by atoms with Crippen molar-refractivity contribution in [3.8, 4) is 0 Å². The molecule has 0 fully saturated rings. The Hall–Kier alpha value is -1.16. The lowest BCUT2D eigenvalue weighted by Crippen LogP contribution is -2.13. The van der Waals surface area contributed by atoms with E-state index < -0.39 is 5.97 Å². The molecular weight excluding hydrogens is 175 g/mol. The van der Waals surface area contributed by atoms with Crippen molar-refractivity contribution in [2.24, 2.45) is 0 Å². The van der Waals surface area contributed by atoms with Crippen LogP contribution in [0, 0.1) is 0 Å². The number of carbonyl (C=O) groups excluding carboxylic acids is 1. The second-order valence-electron chi connectivity index (χ2n) is 2.25. The third-order valence-corrected chi connectivity index (χ3v) is 1.11. The van der Waals surface area contributed by atoms with Gasteiger partial charge in [-0.05, 0) is 18.6 Å². The van der Waals surface area contributed by atoms with E-state index in [4.69, 9.17) is 4.74 Å². The van der Waals surface area contributed by atoms with Crippen LogP contribution in [0.5, 0.6) is 0 Å². The molecule has 0 aliphatic rings. The molecule has 0 heterocycles. The largest absolute Gasteiger partial charge is 0.464 e. The standard InChI is InChI=1S/C9H13FO3/c1-3-13-9(11)7-12-6-8(2)4-5-10/h4-5H,2-3,6-7H2,1H3. The highest BCUT2D eigenvalue weighted by Crippen LogP contribution is 1.94. The van der Waals surface area contributed by atoms with Crippen molar-refractivity contribution in [3.63, 3.8) is 0 Å². The molecule has 0 rings (SSSR count). The monoisotopic (exact) mass is 188 g/mol. The van der Waals surface area contributed by atoms with E-state index in [1.54, 1.807) is 6.92 Å². The molecule has 0 aliphatic heterocycles. The molecule has 0 N–H and O–H groups in total. The maximum atomic E-state index is 11.6. The van der Waals surface area contributed by atoms with Crippen LogP contribution in [0.3, 0.4) is 0 Å². The Balaban J connectivity index is 3.44. The Labute approximate surface area is 76.8 Å². The fraction of sp³-hybridized carbons (Fsp3) is 0.444. The summed E-state index contributed by atoms with van der Waals surface area (Å²) in [5.74, 6) is -0.431. The zero-order chi connectivity index (χ0) is 10.1. The Bertz CT molecular complexity index is 199. The minimum atomic E-state index is -0.431. The molecule has 0 aromatic carbocycles. The van der Waals surface area contributed by atoms with Crippen molar-refractivity contribution >= 4 is 5.97 Å². The summed E-state index contributed by atoms with van der Waals surface area (Å²) in [7, 11) is 0. The van der Waals surface area contributed by atoms with E-state index >= 15 is 0 Å². The molecule has 0 radical (unpaired) electrons. The summed E-state index contributed by atoms with van der Waals surface area (Å²) in [4.78, 5) is 10.7. The van der Waals surface area contributed by atoms with Crippen molar-refractivity contribution in [2.45, 2.75) is 6.92 Å². The Morgan fingerprint density at radius 1 is 1.54 bits per heavy atom. The summed E-state index contributed by atoms with van der Waals surface area (Å²) in [6.45, 7) is 5.51. The molecule has 0 spiro atoms. The lowest BCUT2D eigenvalue weighted by Gasteiger charge is -2.02. The van der Waals surface area contributed by atoms with Gasteiger partial charge in [-0.3, -0.25) is 0 Å². The minimum absolute atomic E-state index is 0.124. The lowest BCUT2D eigenvalue weighted by molar-refractivity contribution is -0.148. The first-order valence-electron chi connectivity index (χ1n) is 3.88. The number of ether oxygens (including phenoxy) is 2. The average Bonchev–Trinajstić information content (AvgIpc) is 2.05. The highest BCUT2D eigenvalue weighted by molar-refractivity contribution is 5.70. The number of esters is 1.